The molecule has 0 heterocycles. The van der Waals surface area contributed by atoms with Crippen molar-refractivity contribution in [3.05, 3.63) is 40.2 Å². The van der Waals surface area contributed by atoms with Gasteiger partial charge in [-0.3, -0.25) is 0 Å². The summed E-state index contributed by atoms with van der Waals surface area (Å²) in [4.78, 5) is 11.2. The molecule has 0 amide bonds. The van der Waals surface area contributed by atoms with Crippen LogP contribution in [-0.2, 0) is 9.53 Å². The van der Waals surface area contributed by atoms with E-state index < -0.39 is 40.6 Å². The zero-order valence-electron chi connectivity index (χ0n) is 9.99. The molecular formula is C12H9F5O2. The molecule has 1 aromatic carbocycles. The third-order valence-corrected chi connectivity index (χ3v) is 2.20. The predicted molar refractivity (Wildman–Crippen MR) is 56.5 cm³/mol. The third-order valence-electron chi connectivity index (χ3n) is 2.20. The standard InChI is InChI=1S/C12H9F5O2/c1-3-19-12(18)5(2)4-6-7(13)9(15)11(17)10(16)8(6)14/h4H,3H2,1-2H3. The molecule has 0 aliphatic rings. The van der Waals surface area contributed by atoms with Gasteiger partial charge in [-0.15, -0.1) is 0 Å². The highest BCUT2D eigenvalue weighted by Gasteiger charge is 2.25. The largest absolute Gasteiger partial charge is 0.463 e. The number of rotatable bonds is 3. The average molecular weight is 280 g/mol. The quantitative estimate of drug-likeness (QED) is 0.279. The van der Waals surface area contributed by atoms with Crippen LogP contribution < -0.4 is 0 Å². The van der Waals surface area contributed by atoms with E-state index in [0.717, 1.165) is 6.92 Å². The minimum Gasteiger partial charge on any atom is -0.463 e. The van der Waals surface area contributed by atoms with E-state index in [2.05, 4.69) is 4.74 Å². The zero-order chi connectivity index (χ0) is 14.7. The molecule has 0 saturated carbocycles. The van der Waals surface area contributed by atoms with Crippen molar-refractivity contribution in [1.82, 2.24) is 0 Å². The smallest absolute Gasteiger partial charge is 0.333 e. The van der Waals surface area contributed by atoms with E-state index in [1.807, 2.05) is 0 Å². The molecule has 104 valence electrons. The fraction of sp³-hybridized carbons (Fsp3) is 0.250. The van der Waals surface area contributed by atoms with Gasteiger partial charge in [-0.2, -0.15) is 0 Å². The van der Waals surface area contributed by atoms with Crippen molar-refractivity contribution in [3.8, 4) is 0 Å². The summed E-state index contributed by atoms with van der Waals surface area (Å²) < 4.78 is 69.7. The minimum atomic E-state index is -2.25. The van der Waals surface area contributed by atoms with E-state index in [-0.39, 0.29) is 12.2 Å². The van der Waals surface area contributed by atoms with E-state index >= 15 is 0 Å². The fourth-order valence-corrected chi connectivity index (χ4v) is 1.27. The fourth-order valence-electron chi connectivity index (χ4n) is 1.27. The van der Waals surface area contributed by atoms with Crippen molar-refractivity contribution in [3.63, 3.8) is 0 Å². The molecular weight excluding hydrogens is 271 g/mol. The second kappa shape index (κ2) is 5.81. The molecule has 7 heteroatoms. The molecule has 0 atom stereocenters. The number of hydrogen-bond acceptors (Lipinski definition) is 2. The molecule has 0 aliphatic carbocycles. The number of ether oxygens (including phenoxy) is 1. The summed E-state index contributed by atoms with van der Waals surface area (Å²) in [6.07, 6.45) is 0.550. The van der Waals surface area contributed by atoms with Crippen molar-refractivity contribution in [1.29, 1.82) is 0 Å². The third kappa shape index (κ3) is 2.91. The molecule has 1 rings (SSSR count). The van der Waals surface area contributed by atoms with Crippen LogP contribution >= 0.6 is 0 Å². The van der Waals surface area contributed by atoms with Gasteiger partial charge in [-0.25, -0.2) is 26.7 Å². The Balaban J connectivity index is 3.37. The van der Waals surface area contributed by atoms with Crippen LogP contribution in [0, 0.1) is 29.1 Å². The summed E-state index contributed by atoms with van der Waals surface area (Å²) in [6, 6.07) is 0. The molecule has 0 fully saturated rings. The van der Waals surface area contributed by atoms with E-state index in [1.54, 1.807) is 0 Å². The molecule has 19 heavy (non-hydrogen) atoms. The molecule has 0 radical (unpaired) electrons. The Labute approximate surface area is 105 Å². The van der Waals surface area contributed by atoms with Gasteiger partial charge in [0.25, 0.3) is 0 Å². The topological polar surface area (TPSA) is 26.3 Å². The van der Waals surface area contributed by atoms with Crippen LogP contribution in [0.5, 0.6) is 0 Å². The van der Waals surface area contributed by atoms with Crippen molar-refractivity contribution >= 4 is 12.0 Å². The molecule has 2 nitrogen and oxygen atoms in total. The lowest BCUT2D eigenvalue weighted by Crippen LogP contribution is -2.08. The van der Waals surface area contributed by atoms with Crippen LogP contribution in [0.25, 0.3) is 6.08 Å². The van der Waals surface area contributed by atoms with E-state index in [1.165, 1.54) is 6.92 Å². The lowest BCUT2D eigenvalue weighted by Gasteiger charge is -2.06. The Bertz CT molecular complexity index is 523. The van der Waals surface area contributed by atoms with E-state index in [0.29, 0.717) is 6.08 Å². The van der Waals surface area contributed by atoms with Crippen molar-refractivity contribution in [2.24, 2.45) is 0 Å². The number of carbonyl (C=O) groups is 1. The molecule has 0 aliphatic heterocycles. The summed E-state index contributed by atoms with van der Waals surface area (Å²) in [5.41, 5.74) is -1.47. The highest BCUT2D eigenvalue weighted by Crippen LogP contribution is 2.25. The van der Waals surface area contributed by atoms with Gasteiger partial charge in [0, 0.05) is 5.57 Å². The Hall–Kier alpha value is -1.92. The summed E-state index contributed by atoms with van der Waals surface area (Å²) in [7, 11) is 0. The molecule has 0 saturated heterocycles. The molecule has 0 bridgehead atoms. The second-order valence-corrected chi connectivity index (χ2v) is 3.53. The average Bonchev–Trinajstić information content (AvgIpc) is 2.39. The maximum Gasteiger partial charge on any atom is 0.333 e. The van der Waals surface area contributed by atoms with Crippen LogP contribution in [0.4, 0.5) is 22.0 Å². The van der Waals surface area contributed by atoms with E-state index in [4.69, 9.17) is 0 Å². The lowest BCUT2D eigenvalue weighted by molar-refractivity contribution is -0.138. The van der Waals surface area contributed by atoms with Crippen molar-refractivity contribution < 1.29 is 31.5 Å². The summed E-state index contributed by atoms with van der Waals surface area (Å²) in [5.74, 6) is -11.3. The summed E-state index contributed by atoms with van der Waals surface area (Å²) >= 11 is 0. The van der Waals surface area contributed by atoms with Gasteiger partial charge in [0.15, 0.2) is 23.3 Å². The maximum absolute atomic E-state index is 13.3. The van der Waals surface area contributed by atoms with Gasteiger partial charge in [0.05, 0.1) is 12.2 Å². The highest BCUT2D eigenvalue weighted by atomic mass is 19.2. The van der Waals surface area contributed by atoms with Crippen LogP contribution in [0.15, 0.2) is 5.57 Å². The molecule has 0 spiro atoms. The zero-order valence-corrected chi connectivity index (χ0v) is 9.99. The Kier molecular flexibility index (Phi) is 4.63. The minimum absolute atomic E-state index is 0.0150. The van der Waals surface area contributed by atoms with Gasteiger partial charge in [0.2, 0.25) is 5.82 Å². The second-order valence-electron chi connectivity index (χ2n) is 3.53. The highest BCUT2D eigenvalue weighted by molar-refractivity contribution is 5.93. The molecule has 0 N–H and O–H groups in total. The summed E-state index contributed by atoms with van der Waals surface area (Å²) in [6.45, 7) is 2.65. The first kappa shape index (κ1) is 15.1. The molecule has 0 aromatic heterocycles. The van der Waals surface area contributed by atoms with Crippen LogP contribution in [-0.4, -0.2) is 12.6 Å². The van der Waals surface area contributed by atoms with Gasteiger partial charge in [-0.05, 0) is 19.9 Å². The Morgan fingerprint density at radius 2 is 1.42 bits per heavy atom. The number of benzene rings is 1. The predicted octanol–water partition coefficient (Wildman–Crippen LogP) is 3.35. The van der Waals surface area contributed by atoms with Crippen molar-refractivity contribution in [2.45, 2.75) is 13.8 Å². The normalized spacial score (nSPS) is 11.6. The van der Waals surface area contributed by atoms with Crippen LogP contribution in [0.2, 0.25) is 0 Å². The Morgan fingerprint density at radius 3 is 1.84 bits per heavy atom. The van der Waals surface area contributed by atoms with Crippen molar-refractivity contribution in [2.75, 3.05) is 6.61 Å². The summed E-state index contributed by atoms with van der Waals surface area (Å²) in [5, 5.41) is 0. The lowest BCUT2D eigenvalue weighted by atomic mass is 10.1. The Morgan fingerprint density at radius 1 is 1.00 bits per heavy atom. The van der Waals surface area contributed by atoms with Gasteiger partial charge in [0.1, 0.15) is 0 Å². The first-order valence-electron chi connectivity index (χ1n) is 5.18. The molecule has 1 aromatic rings. The van der Waals surface area contributed by atoms with Gasteiger partial charge in [-0.1, -0.05) is 0 Å². The van der Waals surface area contributed by atoms with Crippen LogP contribution in [0.3, 0.4) is 0 Å². The number of carbonyl (C=O) groups excluding carboxylic acids is 1. The number of hydrogen-bond donors (Lipinski definition) is 0. The number of esters is 1. The number of halogens is 5. The SMILES string of the molecule is CCOC(=O)C(C)=Cc1c(F)c(F)c(F)c(F)c1F. The van der Waals surface area contributed by atoms with Crippen LogP contribution in [0.1, 0.15) is 19.4 Å². The first-order chi connectivity index (χ1) is 8.81. The molecule has 0 unspecified atom stereocenters. The monoisotopic (exact) mass is 280 g/mol. The first-order valence-corrected chi connectivity index (χ1v) is 5.18. The van der Waals surface area contributed by atoms with E-state index in [9.17, 15) is 26.7 Å². The van der Waals surface area contributed by atoms with Gasteiger partial charge >= 0.3 is 5.97 Å². The van der Waals surface area contributed by atoms with Gasteiger partial charge < -0.3 is 4.74 Å². The maximum atomic E-state index is 13.3.